The van der Waals surface area contributed by atoms with E-state index >= 15 is 0 Å². The molecule has 1 aromatic rings. The van der Waals surface area contributed by atoms with Crippen LogP contribution in [0.5, 0.6) is 0 Å². The van der Waals surface area contributed by atoms with Crippen molar-refractivity contribution < 1.29 is 4.39 Å². The van der Waals surface area contributed by atoms with Gasteiger partial charge in [-0.1, -0.05) is 0 Å². The topological polar surface area (TPSA) is 29.0 Å². The number of halogens is 2. The van der Waals surface area contributed by atoms with Gasteiger partial charge in [-0.2, -0.15) is 0 Å². The maximum absolute atomic E-state index is 12.7. The first-order valence-electron chi connectivity index (χ1n) is 5.11. The zero-order valence-corrected chi connectivity index (χ0v) is 9.12. The van der Waals surface area contributed by atoms with Gasteiger partial charge >= 0.3 is 0 Å². The molecule has 0 saturated heterocycles. The van der Waals surface area contributed by atoms with Crippen molar-refractivity contribution in [2.45, 2.75) is 25.3 Å². The van der Waals surface area contributed by atoms with Crippen LogP contribution < -0.4 is 4.90 Å². The summed E-state index contributed by atoms with van der Waals surface area (Å²) in [4.78, 5) is 10.0. The summed E-state index contributed by atoms with van der Waals surface area (Å²) in [5.41, 5.74) is 0. The van der Waals surface area contributed by atoms with Gasteiger partial charge in [-0.15, -0.1) is 11.6 Å². The second kappa shape index (κ2) is 4.75. The molecule has 15 heavy (non-hydrogen) atoms. The van der Waals surface area contributed by atoms with Crippen molar-refractivity contribution in [3.8, 4) is 0 Å². The van der Waals surface area contributed by atoms with Crippen LogP contribution in [0.15, 0.2) is 12.4 Å². The van der Waals surface area contributed by atoms with E-state index < -0.39 is 5.82 Å². The van der Waals surface area contributed by atoms with Gasteiger partial charge < -0.3 is 4.90 Å². The monoisotopic (exact) mass is 229 g/mol. The molecule has 0 spiro atoms. The van der Waals surface area contributed by atoms with Crippen LogP contribution in [-0.2, 0) is 0 Å². The Morgan fingerprint density at radius 2 is 2.07 bits per heavy atom. The highest BCUT2D eigenvalue weighted by molar-refractivity contribution is 6.18. The molecule has 0 N–H and O–H groups in total. The Bertz CT molecular complexity index is 313. The first-order chi connectivity index (χ1) is 7.31. The Hall–Kier alpha value is -0.900. The highest BCUT2D eigenvalue weighted by Gasteiger charge is 2.26. The molecule has 1 aromatic heterocycles. The van der Waals surface area contributed by atoms with E-state index in [1.54, 1.807) is 0 Å². The number of alkyl halides is 1. The molecule has 1 aliphatic rings. The van der Waals surface area contributed by atoms with Crippen LogP contribution in [0.2, 0.25) is 0 Å². The quantitative estimate of drug-likeness (QED) is 0.742. The molecule has 0 atom stereocenters. The molecule has 0 bridgehead atoms. The molecule has 5 heteroatoms. The molecule has 0 radical (unpaired) electrons. The van der Waals surface area contributed by atoms with Crippen LogP contribution in [0.3, 0.4) is 0 Å². The molecular formula is C10H13ClFN3. The fraction of sp³-hybridized carbons (Fsp3) is 0.600. The van der Waals surface area contributed by atoms with E-state index in [0.29, 0.717) is 17.9 Å². The Morgan fingerprint density at radius 3 is 2.53 bits per heavy atom. The lowest BCUT2D eigenvalue weighted by Crippen LogP contribution is -2.42. The van der Waals surface area contributed by atoms with Gasteiger partial charge in [0, 0.05) is 18.5 Å². The molecule has 0 aliphatic heterocycles. The zero-order chi connectivity index (χ0) is 10.7. The van der Waals surface area contributed by atoms with Gasteiger partial charge in [-0.05, 0) is 19.3 Å². The number of anilines is 1. The summed E-state index contributed by atoms with van der Waals surface area (Å²) in [6.45, 7) is 0.720. The second-order valence-corrected chi connectivity index (χ2v) is 4.05. The van der Waals surface area contributed by atoms with E-state index in [2.05, 4.69) is 14.9 Å². The maximum Gasteiger partial charge on any atom is 0.225 e. The van der Waals surface area contributed by atoms with Gasteiger partial charge in [0.2, 0.25) is 5.95 Å². The molecule has 0 amide bonds. The Labute approximate surface area is 93.3 Å². The molecule has 2 rings (SSSR count). The molecule has 1 fully saturated rings. The van der Waals surface area contributed by atoms with Crippen LogP contribution in [0, 0.1) is 5.82 Å². The highest BCUT2D eigenvalue weighted by atomic mass is 35.5. The van der Waals surface area contributed by atoms with Crippen LogP contribution in [0.1, 0.15) is 19.3 Å². The lowest BCUT2D eigenvalue weighted by atomic mass is 9.92. The van der Waals surface area contributed by atoms with Crippen LogP contribution in [0.25, 0.3) is 0 Å². The number of hydrogen-bond donors (Lipinski definition) is 0. The van der Waals surface area contributed by atoms with Crippen molar-refractivity contribution in [2.24, 2.45) is 0 Å². The van der Waals surface area contributed by atoms with Crippen LogP contribution in [-0.4, -0.2) is 28.4 Å². The average molecular weight is 230 g/mol. The molecule has 1 aliphatic carbocycles. The van der Waals surface area contributed by atoms with E-state index in [9.17, 15) is 4.39 Å². The summed E-state index contributed by atoms with van der Waals surface area (Å²) in [6.07, 6.45) is 5.93. The molecule has 0 unspecified atom stereocenters. The minimum Gasteiger partial charge on any atom is -0.337 e. The number of nitrogens with zero attached hydrogens (tertiary/aromatic N) is 3. The minimum atomic E-state index is -0.404. The number of hydrogen-bond acceptors (Lipinski definition) is 3. The summed E-state index contributed by atoms with van der Waals surface area (Å²) in [5, 5.41) is 0. The largest absolute Gasteiger partial charge is 0.337 e. The fourth-order valence-corrected chi connectivity index (χ4v) is 1.87. The van der Waals surface area contributed by atoms with Crippen molar-refractivity contribution >= 4 is 17.5 Å². The summed E-state index contributed by atoms with van der Waals surface area (Å²) in [6, 6.07) is 0.481. The molecule has 0 aromatic carbocycles. The Balaban J connectivity index is 2.12. The first-order valence-corrected chi connectivity index (χ1v) is 5.65. The van der Waals surface area contributed by atoms with E-state index in [4.69, 9.17) is 11.6 Å². The minimum absolute atomic E-state index is 0.404. The highest BCUT2D eigenvalue weighted by Crippen LogP contribution is 2.27. The third-order valence-electron chi connectivity index (χ3n) is 2.70. The summed E-state index contributed by atoms with van der Waals surface area (Å²) in [7, 11) is 0. The third kappa shape index (κ3) is 2.37. The van der Waals surface area contributed by atoms with Crippen molar-refractivity contribution in [1.29, 1.82) is 0 Å². The summed E-state index contributed by atoms with van der Waals surface area (Å²) in [5.74, 6) is 0.719. The maximum atomic E-state index is 12.7. The van der Waals surface area contributed by atoms with E-state index in [0.717, 1.165) is 19.4 Å². The van der Waals surface area contributed by atoms with E-state index in [1.165, 1.54) is 18.8 Å². The van der Waals surface area contributed by atoms with Gasteiger partial charge in [0.05, 0.1) is 12.4 Å². The van der Waals surface area contributed by atoms with Gasteiger partial charge in [-0.25, -0.2) is 14.4 Å². The molecule has 1 heterocycles. The first kappa shape index (κ1) is 10.6. The Morgan fingerprint density at radius 1 is 1.40 bits per heavy atom. The normalized spacial score (nSPS) is 16.1. The fourth-order valence-electron chi connectivity index (χ4n) is 1.69. The van der Waals surface area contributed by atoms with E-state index in [-0.39, 0.29) is 0 Å². The van der Waals surface area contributed by atoms with Crippen LogP contribution in [0.4, 0.5) is 10.3 Å². The predicted molar refractivity (Wildman–Crippen MR) is 57.7 cm³/mol. The van der Waals surface area contributed by atoms with Crippen LogP contribution >= 0.6 is 11.6 Å². The van der Waals surface area contributed by atoms with Gasteiger partial charge in [0.15, 0.2) is 5.82 Å². The molecule has 3 nitrogen and oxygen atoms in total. The van der Waals surface area contributed by atoms with E-state index in [1.807, 2.05) is 0 Å². The molecule has 82 valence electrons. The van der Waals surface area contributed by atoms with Crippen molar-refractivity contribution in [3.63, 3.8) is 0 Å². The molecular weight excluding hydrogens is 217 g/mol. The van der Waals surface area contributed by atoms with Crippen molar-refractivity contribution in [3.05, 3.63) is 18.2 Å². The van der Waals surface area contributed by atoms with Gasteiger partial charge in [0.1, 0.15) is 0 Å². The third-order valence-corrected chi connectivity index (χ3v) is 2.87. The second-order valence-electron chi connectivity index (χ2n) is 3.67. The van der Waals surface area contributed by atoms with Gasteiger partial charge in [-0.3, -0.25) is 0 Å². The predicted octanol–water partition coefficient (Wildman–Crippen LogP) is 2.21. The lowest BCUT2D eigenvalue weighted by Gasteiger charge is -2.37. The standard InChI is InChI=1S/C10H13ClFN3/c11-4-5-15(9-2-1-3-9)10-13-6-8(12)7-14-10/h6-7,9H,1-5H2. The van der Waals surface area contributed by atoms with Crippen molar-refractivity contribution in [2.75, 3.05) is 17.3 Å². The number of aromatic nitrogens is 2. The average Bonchev–Trinajstić information content (AvgIpc) is 2.16. The zero-order valence-electron chi connectivity index (χ0n) is 8.37. The Kier molecular flexibility index (Phi) is 3.36. The summed E-state index contributed by atoms with van der Waals surface area (Å²) >= 11 is 5.73. The molecule has 1 saturated carbocycles. The summed E-state index contributed by atoms with van der Waals surface area (Å²) < 4.78 is 12.7. The SMILES string of the molecule is Fc1cnc(N(CCCl)C2CCC2)nc1. The number of rotatable bonds is 4. The lowest BCUT2D eigenvalue weighted by molar-refractivity contribution is 0.386. The van der Waals surface area contributed by atoms with Crippen molar-refractivity contribution in [1.82, 2.24) is 9.97 Å². The smallest absolute Gasteiger partial charge is 0.225 e. The van der Waals surface area contributed by atoms with Gasteiger partial charge in [0.25, 0.3) is 0 Å².